The molecule has 0 bridgehead atoms. The Hall–Kier alpha value is -5.33. The maximum absolute atomic E-state index is 13.1. The molecule has 326 valence electrons. The van der Waals surface area contributed by atoms with Crippen LogP contribution in [0.2, 0.25) is 0 Å². The van der Waals surface area contributed by atoms with Crippen LogP contribution in [-0.4, -0.2) is 78.2 Å². The summed E-state index contributed by atoms with van der Waals surface area (Å²) in [4.78, 5) is 41.2. The van der Waals surface area contributed by atoms with Gasteiger partial charge in [-0.1, -0.05) is 82.8 Å². The van der Waals surface area contributed by atoms with Crippen molar-refractivity contribution in [2.45, 2.75) is 119 Å². The molecule has 1 atom stereocenters. The van der Waals surface area contributed by atoms with Crippen LogP contribution in [0.15, 0.2) is 64.4 Å². The molecule has 18 heteroatoms. The SMILES string of the molecule is O=C(O)CCCCCCCCCCCCCCCSc1cc(O)n(CCC(=O)Nc2ccc3c(c2)C(COC(=O)On2c(O)ccc2O)c2cc(S(=O)(=O)O)ccc2-3)c1O. The van der Waals surface area contributed by atoms with Crippen LogP contribution < -0.4 is 10.2 Å². The number of anilines is 1. The minimum Gasteiger partial charge on any atom is -0.494 e. The molecular formula is C42H53N3O13S2. The molecule has 1 amide bonds. The first-order valence-electron chi connectivity index (χ1n) is 20.2. The van der Waals surface area contributed by atoms with Crippen LogP contribution in [0.1, 0.15) is 113 Å². The zero-order chi connectivity index (χ0) is 43.2. The van der Waals surface area contributed by atoms with Crippen molar-refractivity contribution in [1.82, 2.24) is 9.30 Å². The fourth-order valence-electron chi connectivity index (χ4n) is 7.27. The molecule has 0 aliphatic heterocycles. The van der Waals surface area contributed by atoms with E-state index in [1.54, 1.807) is 18.2 Å². The molecule has 0 spiro atoms. The number of hydrogen-bond donors (Lipinski definition) is 7. The lowest BCUT2D eigenvalue weighted by atomic mass is 9.97. The molecule has 60 heavy (non-hydrogen) atoms. The predicted octanol–water partition coefficient (Wildman–Crippen LogP) is 8.40. The van der Waals surface area contributed by atoms with E-state index in [1.807, 2.05) is 0 Å². The van der Waals surface area contributed by atoms with Gasteiger partial charge < -0.3 is 35.6 Å². The summed E-state index contributed by atoms with van der Waals surface area (Å²) in [5.74, 6) is -2.55. The molecule has 1 unspecified atom stereocenters. The van der Waals surface area contributed by atoms with Crippen LogP contribution in [0.3, 0.4) is 0 Å². The molecule has 0 saturated carbocycles. The van der Waals surface area contributed by atoms with Gasteiger partial charge in [-0.2, -0.15) is 8.42 Å². The average Bonchev–Trinajstić information content (AvgIpc) is 3.79. The van der Waals surface area contributed by atoms with Crippen LogP contribution in [0.4, 0.5) is 10.5 Å². The minimum absolute atomic E-state index is 0.00325. The Morgan fingerprint density at radius 2 is 1.27 bits per heavy atom. The molecule has 0 radical (unpaired) electrons. The Kier molecular flexibility index (Phi) is 16.6. The second kappa shape index (κ2) is 21.8. The van der Waals surface area contributed by atoms with Crippen molar-refractivity contribution in [3.05, 3.63) is 65.7 Å². The number of rotatable bonds is 25. The summed E-state index contributed by atoms with van der Waals surface area (Å²) in [7, 11) is -4.58. The highest BCUT2D eigenvalue weighted by Gasteiger charge is 2.32. The first-order valence-corrected chi connectivity index (χ1v) is 22.6. The van der Waals surface area contributed by atoms with Crippen molar-refractivity contribution < 1.29 is 62.5 Å². The van der Waals surface area contributed by atoms with Crippen LogP contribution in [-0.2, 0) is 31.0 Å². The lowest BCUT2D eigenvalue weighted by Crippen LogP contribution is -2.22. The van der Waals surface area contributed by atoms with E-state index in [2.05, 4.69) is 5.32 Å². The zero-order valence-electron chi connectivity index (χ0n) is 33.3. The normalized spacial score (nSPS) is 13.2. The molecule has 7 N–H and O–H groups in total. The number of nitrogens with zero attached hydrogens (tertiary/aromatic N) is 2. The lowest BCUT2D eigenvalue weighted by Gasteiger charge is -2.16. The molecule has 5 rings (SSSR count). The van der Waals surface area contributed by atoms with Crippen molar-refractivity contribution in [1.29, 1.82) is 0 Å². The van der Waals surface area contributed by atoms with Crippen molar-refractivity contribution in [2.75, 3.05) is 17.7 Å². The van der Waals surface area contributed by atoms with E-state index in [-0.39, 0.29) is 42.6 Å². The van der Waals surface area contributed by atoms with Crippen LogP contribution in [0.5, 0.6) is 23.5 Å². The number of aromatic hydroxyl groups is 4. The topological polar surface area (TPSA) is 247 Å². The average molecular weight is 872 g/mol. The molecule has 4 aromatic rings. The number of carbonyl (C=O) groups is 3. The van der Waals surface area contributed by atoms with Gasteiger partial charge in [-0.05, 0) is 65.1 Å². The predicted molar refractivity (Wildman–Crippen MR) is 223 cm³/mol. The number of benzene rings is 2. The van der Waals surface area contributed by atoms with Crippen molar-refractivity contribution in [3.63, 3.8) is 0 Å². The summed E-state index contributed by atoms with van der Waals surface area (Å²) < 4.78 is 40.7. The standard InChI is InChI=1S/C42H53N3O13S2/c46-36(21-22-44-39(49)26-35(41(44)52)59-23-13-11-9-7-5-3-1-2-4-6-8-10-12-14-40(50)51)43-28-15-17-30-31-18-16-29(60(54,55)56)25-33(31)34(32(30)24-28)27-57-42(53)58-45-37(47)19-20-38(45)48/h15-20,24-26,34,47-49,52H,1-14,21-23,27H2,(H,43,46)(H,50,51)(H,54,55,56). The first-order chi connectivity index (χ1) is 28.7. The number of aromatic nitrogens is 2. The number of carbonyl (C=O) groups excluding carboxylic acids is 2. The van der Waals surface area contributed by atoms with Crippen molar-refractivity contribution in [3.8, 4) is 34.6 Å². The number of thioether (sulfide) groups is 1. The Morgan fingerprint density at radius 3 is 1.87 bits per heavy atom. The Morgan fingerprint density at radius 1 is 0.700 bits per heavy atom. The van der Waals surface area contributed by atoms with Gasteiger partial charge in [0.1, 0.15) is 6.61 Å². The Bertz CT molecular complexity index is 2200. The summed E-state index contributed by atoms with van der Waals surface area (Å²) in [6, 6.07) is 12.7. The number of ether oxygens (including phenoxy) is 1. The van der Waals surface area contributed by atoms with Crippen LogP contribution >= 0.6 is 11.8 Å². The van der Waals surface area contributed by atoms with Gasteiger partial charge in [0.25, 0.3) is 10.1 Å². The number of carboxylic acids is 1. The van der Waals surface area contributed by atoms with Crippen LogP contribution in [0, 0.1) is 0 Å². The third-order valence-electron chi connectivity index (χ3n) is 10.4. The smallest absolute Gasteiger partial charge is 0.494 e. The number of nitrogens with one attached hydrogen (secondary N) is 1. The van der Waals surface area contributed by atoms with E-state index in [4.69, 9.17) is 14.7 Å². The molecular weight excluding hydrogens is 819 g/mol. The summed E-state index contributed by atoms with van der Waals surface area (Å²) in [6.45, 7) is -0.389. The molecule has 0 fully saturated rings. The molecule has 1 aliphatic carbocycles. The lowest BCUT2D eigenvalue weighted by molar-refractivity contribution is -0.137. The molecule has 0 saturated heterocycles. The number of amides is 1. The number of hydrogen-bond acceptors (Lipinski definition) is 12. The summed E-state index contributed by atoms with van der Waals surface area (Å²) >= 11 is 1.45. The van der Waals surface area contributed by atoms with Crippen molar-refractivity contribution >= 4 is 45.6 Å². The second-order valence-corrected chi connectivity index (χ2v) is 17.4. The largest absolute Gasteiger partial charge is 0.534 e. The highest BCUT2D eigenvalue weighted by atomic mass is 32.2. The first kappa shape index (κ1) is 45.7. The fourth-order valence-corrected chi connectivity index (χ4v) is 8.79. The highest BCUT2D eigenvalue weighted by Crippen LogP contribution is 2.47. The minimum atomic E-state index is -4.58. The van der Waals surface area contributed by atoms with Gasteiger partial charge in [-0.25, -0.2) is 4.79 Å². The Balaban J connectivity index is 1.06. The van der Waals surface area contributed by atoms with E-state index in [9.17, 15) is 47.8 Å². The molecule has 1 aliphatic rings. The third-order valence-corrected chi connectivity index (χ3v) is 12.4. The highest BCUT2D eigenvalue weighted by molar-refractivity contribution is 7.99. The van der Waals surface area contributed by atoms with Gasteiger partial charge >= 0.3 is 12.1 Å². The molecule has 2 aromatic carbocycles. The zero-order valence-corrected chi connectivity index (χ0v) is 34.9. The number of carboxylic acid groups (broad SMARTS) is 1. The van der Waals surface area contributed by atoms with Gasteiger partial charge in [-0.15, -0.1) is 16.5 Å². The molecule has 16 nitrogen and oxygen atoms in total. The summed E-state index contributed by atoms with van der Waals surface area (Å²) in [6.07, 6.45) is 13.4. The quantitative estimate of drug-likeness (QED) is 0.0143. The van der Waals surface area contributed by atoms with Gasteiger partial charge in [0.15, 0.2) is 5.88 Å². The van der Waals surface area contributed by atoms with Gasteiger partial charge in [0, 0.05) is 49.2 Å². The van der Waals surface area contributed by atoms with E-state index in [0.717, 1.165) is 56.4 Å². The van der Waals surface area contributed by atoms with Gasteiger partial charge in [0.2, 0.25) is 23.5 Å². The number of unbranched alkanes of at least 4 members (excludes halogenated alkanes) is 12. The summed E-state index contributed by atoms with van der Waals surface area (Å²) in [5, 5.41) is 52.5. The van der Waals surface area contributed by atoms with Gasteiger partial charge in [0.05, 0.1) is 9.79 Å². The van der Waals surface area contributed by atoms with E-state index < -0.39 is 45.8 Å². The van der Waals surface area contributed by atoms with Gasteiger partial charge in [-0.3, -0.25) is 23.5 Å². The fraction of sp³-hybridized carbons (Fsp3) is 0.452. The number of fused-ring (bicyclic) bond motifs is 3. The number of aliphatic carboxylic acids is 1. The third kappa shape index (κ3) is 12.8. The van der Waals surface area contributed by atoms with Crippen LogP contribution in [0.25, 0.3) is 11.1 Å². The molecule has 2 aromatic heterocycles. The Labute approximate surface area is 352 Å². The molecule has 2 heterocycles. The summed E-state index contributed by atoms with van der Waals surface area (Å²) in [5.41, 5.74) is 2.59. The maximum Gasteiger partial charge on any atom is 0.534 e. The monoisotopic (exact) mass is 871 g/mol. The van der Waals surface area contributed by atoms with E-state index in [0.29, 0.717) is 37.6 Å². The second-order valence-electron chi connectivity index (χ2n) is 14.8. The maximum atomic E-state index is 13.1. The van der Waals surface area contributed by atoms with Crippen molar-refractivity contribution in [2.24, 2.45) is 0 Å². The van der Waals surface area contributed by atoms with E-state index in [1.165, 1.54) is 85.5 Å². The van der Waals surface area contributed by atoms with E-state index >= 15 is 0 Å².